The molecule has 2 heterocycles. The number of hydrogen-bond donors (Lipinski definition) is 2. The second-order valence-electron chi connectivity index (χ2n) is 12.7. The van der Waals surface area contributed by atoms with Crippen LogP contribution in [-0.4, -0.2) is 53.7 Å². The summed E-state index contributed by atoms with van der Waals surface area (Å²) in [6.07, 6.45) is 22.7. The van der Waals surface area contributed by atoms with E-state index in [-0.39, 0.29) is 31.7 Å². The number of pyridine rings is 1. The normalized spacial score (nSPS) is 13.9. The van der Waals surface area contributed by atoms with Crippen molar-refractivity contribution < 1.29 is 23.9 Å². The average molecular weight is 651 g/mol. The zero-order valence-corrected chi connectivity index (χ0v) is 28.7. The van der Waals surface area contributed by atoms with Gasteiger partial charge in [-0.25, -0.2) is 9.59 Å². The molecule has 0 bridgehead atoms. The number of carbonyl (C=O) groups excluding carboxylic acids is 3. The molecule has 0 spiro atoms. The third kappa shape index (κ3) is 16.2. The van der Waals surface area contributed by atoms with Gasteiger partial charge in [0.15, 0.2) is 0 Å². The van der Waals surface area contributed by atoms with Gasteiger partial charge in [-0.1, -0.05) is 121 Å². The van der Waals surface area contributed by atoms with Gasteiger partial charge in [0.25, 0.3) is 5.91 Å². The Hall–Kier alpha value is -3.62. The van der Waals surface area contributed by atoms with E-state index in [4.69, 9.17) is 9.47 Å². The molecule has 9 nitrogen and oxygen atoms in total. The molecule has 1 atom stereocenters. The number of hydrogen-bond acceptors (Lipinski definition) is 6. The van der Waals surface area contributed by atoms with Gasteiger partial charge in [0.1, 0.15) is 13.2 Å². The predicted molar refractivity (Wildman–Crippen MR) is 186 cm³/mol. The zero-order chi connectivity index (χ0) is 33.4. The van der Waals surface area contributed by atoms with Crippen LogP contribution in [0.3, 0.4) is 0 Å². The van der Waals surface area contributed by atoms with Gasteiger partial charge in [0, 0.05) is 24.8 Å². The number of unbranched alkanes of at least 4 members (excludes halogenated alkanes) is 15. The third-order valence-corrected chi connectivity index (χ3v) is 8.82. The Kier molecular flexibility index (Phi) is 19.0. The summed E-state index contributed by atoms with van der Waals surface area (Å²) in [7, 11) is 0. The molecule has 3 rings (SSSR count). The number of amides is 3. The van der Waals surface area contributed by atoms with Crippen LogP contribution in [-0.2, 0) is 22.6 Å². The van der Waals surface area contributed by atoms with Gasteiger partial charge in [-0.2, -0.15) is 0 Å². The quantitative estimate of drug-likeness (QED) is 0.110. The van der Waals surface area contributed by atoms with Gasteiger partial charge in [0.2, 0.25) is 0 Å². The van der Waals surface area contributed by atoms with Crippen LogP contribution in [0.1, 0.15) is 138 Å². The number of nitrogens with zero attached hydrogens (tertiary/aromatic N) is 2. The largest absolute Gasteiger partial charge is 0.447 e. The highest BCUT2D eigenvalue weighted by atomic mass is 16.6. The van der Waals surface area contributed by atoms with Gasteiger partial charge in [-0.05, 0) is 42.7 Å². The first-order valence-electron chi connectivity index (χ1n) is 18.2. The van der Waals surface area contributed by atoms with Crippen LogP contribution >= 0.6 is 0 Å². The molecule has 1 fully saturated rings. The maximum absolute atomic E-state index is 13.0. The monoisotopic (exact) mass is 650 g/mol. The Balaban J connectivity index is 1.15. The molecule has 3 amide bonds. The molecule has 2 N–H and O–H groups in total. The second kappa shape index (κ2) is 23.7. The van der Waals surface area contributed by atoms with Gasteiger partial charge < -0.3 is 25.0 Å². The lowest BCUT2D eigenvalue weighted by Gasteiger charge is -2.40. The summed E-state index contributed by atoms with van der Waals surface area (Å²) in [5.74, 6) is -0.109. The highest BCUT2D eigenvalue weighted by Gasteiger charge is 2.33. The van der Waals surface area contributed by atoms with Crippen molar-refractivity contribution in [2.24, 2.45) is 0 Å². The highest BCUT2D eigenvalue weighted by molar-refractivity contribution is 5.95. The summed E-state index contributed by atoms with van der Waals surface area (Å²) in [6.45, 7) is 4.08. The first-order valence-corrected chi connectivity index (χ1v) is 18.2. The molecule has 1 aliphatic heterocycles. The van der Waals surface area contributed by atoms with E-state index < -0.39 is 12.2 Å². The van der Waals surface area contributed by atoms with E-state index >= 15 is 0 Å². The lowest BCUT2D eigenvalue weighted by atomic mass is 10.0. The number of rotatable bonds is 24. The van der Waals surface area contributed by atoms with Crippen molar-refractivity contribution in [3.63, 3.8) is 0 Å². The minimum atomic E-state index is -0.534. The molecule has 1 aliphatic rings. The minimum absolute atomic E-state index is 0.109. The first-order chi connectivity index (χ1) is 23.1. The molecule has 0 aliphatic carbocycles. The number of ether oxygens (including phenoxy) is 2. The number of carbonyl (C=O) groups is 3. The Labute approximate surface area is 282 Å². The maximum atomic E-state index is 13.0. The Bertz CT molecular complexity index is 1140. The fourth-order valence-corrected chi connectivity index (χ4v) is 5.74. The van der Waals surface area contributed by atoms with Gasteiger partial charge in [-0.3, -0.25) is 9.78 Å². The molecule has 47 heavy (non-hydrogen) atoms. The summed E-state index contributed by atoms with van der Waals surface area (Å²) >= 11 is 0. The fraction of sp³-hybridized carbons (Fsp3) is 0.632. The summed E-state index contributed by atoms with van der Waals surface area (Å²) in [4.78, 5) is 43.0. The van der Waals surface area contributed by atoms with Crippen LogP contribution in [0.5, 0.6) is 0 Å². The summed E-state index contributed by atoms with van der Waals surface area (Å²) < 4.78 is 10.7. The molecule has 1 aromatic heterocycles. The van der Waals surface area contributed by atoms with Crippen molar-refractivity contribution in [3.8, 4) is 0 Å². The van der Waals surface area contributed by atoms with Gasteiger partial charge >= 0.3 is 12.2 Å². The van der Waals surface area contributed by atoms with Crippen molar-refractivity contribution in [3.05, 3.63) is 65.5 Å². The molecule has 1 aromatic carbocycles. The number of nitrogens with one attached hydrogen (secondary N) is 2. The molecule has 0 radical (unpaired) electrons. The Morgan fingerprint density at radius 2 is 1.34 bits per heavy atom. The van der Waals surface area contributed by atoms with Crippen LogP contribution < -0.4 is 10.6 Å². The smallest absolute Gasteiger partial charge is 0.407 e. The van der Waals surface area contributed by atoms with Crippen molar-refractivity contribution in [1.29, 1.82) is 0 Å². The van der Waals surface area contributed by atoms with E-state index in [2.05, 4.69) is 22.5 Å². The molecule has 9 heteroatoms. The minimum Gasteiger partial charge on any atom is -0.447 e. The predicted octanol–water partition coefficient (Wildman–Crippen LogP) is 8.71. The number of benzene rings is 1. The van der Waals surface area contributed by atoms with E-state index in [1.165, 1.54) is 89.9 Å². The molecule has 0 saturated carbocycles. The third-order valence-electron chi connectivity index (χ3n) is 8.82. The van der Waals surface area contributed by atoms with Crippen molar-refractivity contribution >= 4 is 18.1 Å². The summed E-state index contributed by atoms with van der Waals surface area (Å²) in [6, 6.07) is 12.4. The van der Waals surface area contributed by atoms with Crippen molar-refractivity contribution in [2.45, 2.75) is 135 Å². The standard InChI is InChI=1S/C38H58N4O5/c1-2-3-4-5-6-7-8-9-10-11-12-13-14-15-16-18-27-40-37(44)46-30-32-21-23-33(24-22-32)36(43)42-28-25-35(42)31-47-38(45)41-29-34-20-17-19-26-39-34/h17,19-24,26,35H,2-16,18,25,27-31H2,1H3,(H,40,44)(H,41,45). The Morgan fingerprint density at radius 1 is 0.745 bits per heavy atom. The summed E-state index contributed by atoms with van der Waals surface area (Å²) in [5.41, 5.74) is 2.10. The molecule has 1 unspecified atom stereocenters. The lowest BCUT2D eigenvalue weighted by molar-refractivity contribution is 0.0237. The first kappa shape index (κ1) is 37.8. The van der Waals surface area contributed by atoms with E-state index in [0.717, 1.165) is 30.5 Å². The van der Waals surface area contributed by atoms with E-state index in [1.807, 2.05) is 18.2 Å². The topological polar surface area (TPSA) is 110 Å². The molecular weight excluding hydrogens is 592 g/mol. The molecule has 260 valence electrons. The lowest BCUT2D eigenvalue weighted by Crippen LogP contribution is -2.53. The zero-order valence-electron chi connectivity index (χ0n) is 28.7. The van der Waals surface area contributed by atoms with Gasteiger partial charge in [0.05, 0.1) is 18.3 Å². The molecule has 2 aromatic rings. The summed E-state index contributed by atoms with van der Waals surface area (Å²) in [5, 5.41) is 5.51. The van der Waals surface area contributed by atoms with Crippen LogP contribution in [0.2, 0.25) is 0 Å². The van der Waals surface area contributed by atoms with Crippen LogP contribution in [0, 0.1) is 0 Å². The molecule has 1 saturated heterocycles. The van der Waals surface area contributed by atoms with Crippen LogP contribution in [0.4, 0.5) is 9.59 Å². The molecular formula is C38H58N4O5. The van der Waals surface area contributed by atoms with E-state index in [0.29, 0.717) is 18.7 Å². The van der Waals surface area contributed by atoms with Crippen molar-refractivity contribution in [1.82, 2.24) is 20.5 Å². The Morgan fingerprint density at radius 3 is 1.89 bits per heavy atom. The van der Waals surface area contributed by atoms with Crippen LogP contribution in [0.25, 0.3) is 0 Å². The van der Waals surface area contributed by atoms with E-state index in [9.17, 15) is 14.4 Å². The van der Waals surface area contributed by atoms with E-state index in [1.54, 1.807) is 35.4 Å². The number of alkyl carbamates (subject to hydrolysis) is 2. The SMILES string of the molecule is CCCCCCCCCCCCCCCCCCNC(=O)OCc1ccc(C(=O)N2CCC2COC(=O)NCc2ccccn2)cc1. The highest BCUT2D eigenvalue weighted by Crippen LogP contribution is 2.21. The van der Waals surface area contributed by atoms with Crippen molar-refractivity contribution in [2.75, 3.05) is 19.7 Å². The van der Waals surface area contributed by atoms with Crippen LogP contribution in [0.15, 0.2) is 48.7 Å². The average Bonchev–Trinajstić information content (AvgIpc) is 3.08. The number of aromatic nitrogens is 1. The number of likely N-dealkylation sites (tertiary alicyclic amines) is 1. The second-order valence-corrected chi connectivity index (χ2v) is 12.7. The maximum Gasteiger partial charge on any atom is 0.407 e. The van der Waals surface area contributed by atoms with Gasteiger partial charge in [-0.15, -0.1) is 0 Å². The fourth-order valence-electron chi connectivity index (χ4n) is 5.74.